The number of allylic oxidation sites excluding steroid dienone is 4. The molecule has 0 fully saturated rings. The predicted octanol–water partition coefficient (Wildman–Crippen LogP) is 5.94. The molecule has 160 valence electrons. The summed E-state index contributed by atoms with van der Waals surface area (Å²) >= 11 is 0. The highest BCUT2D eigenvalue weighted by Crippen LogP contribution is 2.24. The van der Waals surface area contributed by atoms with E-state index in [1.165, 1.54) is 36.2 Å². The molecule has 1 aromatic rings. The van der Waals surface area contributed by atoms with Crippen molar-refractivity contribution in [1.29, 1.82) is 0 Å². The summed E-state index contributed by atoms with van der Waals surface area (Å²) in [5.74, 6) is -1.42. The molecule has 1 N–H and O–H groups in total. The second kappa shape index (κ2) is 13.3. The van der Waals surface area contributed by atoms with E-state index in [2.05, 4.69) is 0 Å². The highest BCUT2D eigenvalue weighted by atomic mass is 19.1. The molecule has 7 heteroatoms. The molecule has 0 saturated heterocycles. The van der Waals surface area contributed by atoms with Crippen molar-refractivity contribution in [2.45, 2.75) is 60.8 Å². The van der Waals surface area contributed by atoms with Gasteiger partial charge in [0, 0.05) is 31.3 Å². The standard InChI is InChI=1S/C18H19FN2O4.2C2H6/c1-12-10-17(19)18(23)11-14(12)8-9-20(13(2)22)15-4-3-5-16(7-6-15)21(24)25;2*1-2/h6-11,23H,3-5H2,1-2H3;2*1-2H3/b9-8-;;. The molecule has 1 aromatic carbocycles. The molecule has 0 atom stereocenters. The lowest BCUT2D eigenvalue weighted by Gasteiger charge is -2.19. The zero-order valence-corrected chi connectivity index (χ0v) is 18.0. The van der Waals surface area contributed by atoms with Crippen LogP contribution in [0, 0.1) is 22.9 Å². The molecule has 0 aromatic heterocycles. The first kappa shape index (κ1) is 26.0. The molecule has 0 saturated carbocycles. The molecule has 0 aliphatic heterocycles. The fraction of sp³-hybridized carbons (Fsp3) is 0.409. The first-order valence-corrected chi connectivity index (χ1v) is 9.81. The number of amides is 1. The van der Waals surface area contributed by atoms with Gasteiger partial charge in [-0.25, -0.2) is 4.39 Å². The molecular weight excluding hydrogens is 375 g/mol. The molecule has 29 heavy (non-hydrogen) atoms. The monoisotopic (exact) mass is 406 g/mol. The summed E-state index contributed by atoms with van der Waals surface area (Å²) in [6, 6.07) is 2.50. The number of hydrogen-bond donors (Lipinski definition) is 1. The Kier molecular flexibility index (Phi) is 11.9. The number of halogens is 1. The summed E-state index contributed by atoms with van der Waals surface area (Å²) < 4.78 is 13.3. The van der Waals surface area contributed by atoms with Gasteiger partial charge in [0.2, 0.25) is 11.6 Å². The van der Waals surface area contributed by atoms with Crippen LogP contribution in [0.5, 0.6) is 5.75 Å². The Hall–Kier alpha value is -2.96. The van der Waals surface area contributed by atoms with Gasteiger partial charge in [0.15, 0.2) is 11.6 Å². The predicted molar refractivity (Wildman–Crippen MR) is 114 cm³/mol. The maximum atomic E-state index is 13.3. The molecule has 1 aliphatic carbocycles. The van der Waals surface area contributed by atoms with E-state index in [0.717, 1.165) is 0 Å². The van der Waals surface area contributed by atoms with Crippen molar-refractivity contribution in [3.63, 3.8) is 0 Å². The third kappa shape index (κ3) is 7.89. The van der Waals surface area contributed by atoms with Gasteiger partial charge in [0.05, 0.1) is 4.92 Å². The summed E-state index contributed by atoms with van der Waals surface area (Å²) in [6.45, 7) is 11.1. The van der Waals surface area contributed by atoms with Gasteiger partial charge in [-0.2, -0.15) is 0 Å². The molecule has 1 amide bonds. The van der Waals surface area contributed by atoms with Crippen LogP contribution >= 0.6 is 0 Å². The molecule has 6 nitrogen and oxygen atoms in total. The number of hydrogen-bond acceptors (Lipinski definition) is 4. The van der Waals surface area contributed by atoms with E-state index in [0.29, 0.717) is 36.1 Å². The van der Waals surface area contributed by atoms with Crippen LogP contribution in [-0.4, -0.2) is 20.8 Å². The second-order valence-corrected chi connectivity index (χ2v) is 5.79. The van der Waals surface area contributed by atoms with Gasteiger partial charge in [-0.15, -0.1) is 0 Å². The number of phenols is 1. The summed E-state index contributed by atoms with van der Waals surface area (Å²) in [4.78, 5) is 23.8. The summed E-state index contributed by atoms with van der Waals surface area (Å²) in [6.07, 6.45) is 7.54. The number of phenolic OH excluding ortho intramolecular Hbond substituents is 1. The van der Waals surface area contributed by atoms with Crippen LogP contribution in [0.25, 0.3) is 6.08 Å². The van der Waals surface area contributed by atoms with Crippen LogP contribution in [0.3, 0.4) is 0 Å². The minimum Gasteiger partial charge on any atom is -0.505 e. The molecule has 0 bridgehead atoms. The molecule has 0 radical (unpaired) electrons. The quantitative estimate of drug-likeness (QED) is 0.495. The van der Waals surface area contributed by atoms with E-state index >= 15 is 0 Å². The lowest BCUT2D eigenvalue weighted by atomic mass is 10.1. The lowest BCUT2D eigenvalue weighted by Crippen LogP contribution is -2.22. The number of nitrogens with zero attached hydrogens (tertiary/aromatic N) is 2. The summed E-state index contributed by atoms with van der Waals surface area (Å²) in [5, 5.41) is 20.4. The van der Waals surface area contributed by atoms with E-state index in [1.807, 2.05) is 27.7 Å². The van der Waals surface area contributed by atoms with Crippen LogP contribution in [0.4, 0.5) is 4.39 Å². The Bertz CT molecular complexity index is 798. The summed E-state index contributed by atoms with van der Waals surface area (Å²) in [7, 11) is 0. The highest BCUT2D eigenvalue weighted by molar-refractivity contribution is 5.77. The topological polar surface area (TPSA) is 83.7 Å². The Morgan fingerprint density at radius 2 is 1.83 bits per heavy atom. The van der Waals surface area contributed by atoms with Crippen LogP contribution in [0.1, 0.15) is 65.0 Å². The maximum absolute atomic E-state index is 13.3. The molecule has 1 aliphatic rings. The van der Waals surface area contributed by atoms with Crippen LogP contribution in [0.15, 0.2) is 41.9 Å². The Labute approximate surface area is 172 Å². The van der Waals surface area contributed by atoms with Crippen molar-refractivity contribution in [1.82, 2.24) is 4.90 Å². The Morgan fingerprint density at radius 3 is 2.38 bits per heavy atom. The zero-order valence-electron chi connectivity index (χ0n) is 18.0. The fourth-order valence-electron chi connectivity index (χ4n) is 2.58. The SMILES string of the molecule is CC.CC.CC(=O)N(/C=C\c1cc(O)c(F)cc1C)C1=CC=C([N+](=O)[O-])CCC1. The average Bonchev–Trinajstić information content (AvgIpc) is 2.95. The van der Waals surface area contributed by atoms with Crippen molar-refractivity contribution < 1.29 is 19.2 Å². The fourth-order valence-corrected chi connectivity index (χ4v) is 2.58. The Morgan fingerprint density at radius 1 is 1.21 bits per heavy atom. The van der Waals surface area contributed by atoms with Crippen molar-refractivity contribution in [3.05, 3.63) is 68.9 Å². The largest absolute Gasteiger partial charge is 0.505 e. The van der Waals surface area contributed by atoms with E-state index < -0.39 is 16.5 Å². The summed E-state index contributed by atoms with van der Waals surface area (Å²) in [5.41, 5.74) is 1.94. The number of nitro groups is 1. The minimum absolute atomic E-state index is 0.113. The van der Waals surface area contributed by atoms with E-state index in [4.69, 9.17) is 0 Å². The number of aryl methyl sites for hydroxylation is 1. The van der Waals surface area contributed by atoms with Crippen LogP contribution in [0.2, 0.25) is 0 Å². The molecule has 0 unspecified atom stereocenters. The zero-order chi connectivity index (χ0) is 22.6. The smallest absolute Gasteiger partial charge is 0.246 e. The third-order valence-electron chi connectivity index (χ3n) is 3.96. The normalized spacial score (nSPS) is 13.1. The van der Waals surface area contributed by atoms with Gasteiger partial charge in [0.1, 0.15) is 0 Å². The molecule has 0 heterocycles. The number of aromatic hydroxyl groups is 1. The maximum Gasteiger partial charge on any atom is 0.246 e. The molecule has 2 rings (SSSR count). The number of rotatable bonds is 4. The van der Waals surface area contributed by atoms with Gasteiger partial charge in [-0.05, 0) is 55.2 Å². The van der Waals surface area contributed by atoms with E-state index in [-0.39, 0.29) is 11.6 Å². The van der Waals surface area contributed by atoms with Gasteiger partial charge >= 0.3 is 0 Å². The Balaban J connectivity index is 0.00000184. The van der Waals surface area contributed by atoms with Crippen molar-refractivity contribution in [3.8, 4) is 5.75 Å². The third-order valence-corrected chi connectivity index (χ3v) is 3.96. The second-order valence-electron chi connectivity index (χ2n) is 5.79. The first-order valence-electron chi connectivity index (χ1n) is 9.81. The lowest BCUT2D eigenvalue weighted by molar-refractivity contribution is -0.427. The van der Waals surface area contributed by atoms with Crippen LogP contribution in [-0.2, 0) is 4.79 Å². The van der Waals surface area contributed by atoms with Gasteiger partial charge in [-0.1, -0.05) is 27.7 Å². The van der Waals surface area contributed by atoms with Crippen molar-refractivity contribution in [2.75, 3.05) is 0 Å². The highest BCUT2D eigenvalue weighted by Gasteiger charge is 2.18. The van der Waals surface area contributed by atoms with Crippen molar-refractivity contribution in [2.24, 2.45) is 0 Å². The number of benzene rings is 1. The van der Waals surface area contributed by atoms with E-state index in [9.17, 15) is 24.4 Å². The van der Waals surface area contributed by atoms with Crippen LogP contribution < -0.4 is 0 Å². The number of carbonyl (C=O) groups is 1. The van der Waals surface area contributed by atoms with E-state index in [1.54, 1.807) is 19.1 Å². The van der Waals surface area contributed by atoms with Gasteiger partial charge < -0.3 is 5.11 Å². The van der Waals surface area contributed by atoms with Gasteiger partial charge in [-0.3, -0.25) is 19.8 Å². The van der Waals surface area contributed by atoms with Gasteiger partial charge in [0.25, 0.3) is 0 Å². The number of carbonyl (C=O) groups excluding carboxylic acids is 1. The molecular formula is C22H31FN2O4. The molecule has 0 spiro atoms. The van der Waals surface area contributed by atoms with Crippen molar-refractivity contribution >= 4 is 12.0 Å². The average molecular weight is 406 g/mol. The minimum atomic E-state index is -0.706. The first-order chi connectivity index (χ1) is 13.8.